The number of carbonyl (C=O) groups is 1. The van der Waals surface area contributed by atoms with E-state index in [1.165, 1.54) is 0 Å². The van der Waals surface area contributed by atoms with E-state index in [2.05, 4.69) is 15.9 Å². The maximum atomic E-state index is 11.2. The summed E-state index contributed by atoms with van der Waals surface area (Å²) < 4.78 is 6.10. The van der Waals surface area contributed by atoms with Crippen LogP contribution in [0.3, 0.4) is 0 Å². The molecule has 0 saturated heterocycles. The van der Waals surface area contributed by atoms with Gasteiger partial charge >= 0.3 is 0 Å². The Labute approximate surface area is 127 Å². The van der Waals surface area contributed by atoms with Crippen molar-refractivity contribution in [2.45, 2.75) is 6.42 Å². The number of hydrogen-bond donors (Lipinski definition) is 0. The second-order valence-electron chi connectivity index (χ2n) is 4.38. The van der Waals surface area contributed by atoms with Gasteiger partial charge in [-0.15, -0.1) is 0 Å². The van der Waals surface area contributed by atoms with Crippen molar-refractivity contribution in [1.82, 2.24) is 0 Å². The molecule has 0 heterocycles. The molecule has 0 fully saturated rings. The zero-order chi connectivity index (χ0) is 14.4. The van der Waals surface area contributed by atoms with E-state index in [0.717, 1.165) is 33.2 Å². The molecule has 2 nitrogen and oxygen atoms in total. The maximum absolute atomic E-state index is 11.2. The fraction of sp³-hybridized carbons (Fsp3) is 0.118. The van der Waals surface area contributed by atoms with E-state index in [9.17, 15) is 4.79 Å². The first-order valence-electron chi connectivity index (χ1n) is 6.26. The van der Waals surface area contributed by atoms with Gasteiger partial charge in [-0.25, -0.2) is 0 Å². The molecule has 2 aromatic carbocycles. The molecule has 2 rings (SSSR count). The first-order valence-corrected chi connectivity index (χ1v) is 7.05. The zero-order valence-electron chi connectivity index (χ0n) is 11.2. The molecular weight excluding hydrogens is 316 g/mol. The molecule has 0 aliphatic heterocycles. The number of carbonyl (C=O) groups excluding carboxylic acids is 1. The molecule has 0 saturated carbocycles. The van der Waals surface area contributed by atoms with E-state index in [1.54, 1.807) is 7.11 Å². The SMILES string of the molecule is COc1ccc(C/C(C=O)=C\c2ccccc2Br)cc1. The summed E-state index contributed by atoms with van der Waals surface area (Å²) in [6.07, 6.45) is 3.42. The lowest BCUT2D eigenvalue weighted by molar-refractivity contribution is -0.104. The summed E-state index contributed by atoms with van der Waals surface area (Å²) in [7, 11) is 1.64. The minimum atomic E-state index is 0.606. The summed E-state index contributed by atoms with van der Waals surface area (Å²) in [6, 6.07) is 15.6. The van der Waals surface area contributed by atoms with Crippen LogP contribution in [0.4, 0.5) is 0 Å². The Morgan fingerprint density at radius 3 is 2.45 bits per heavy atom. The number of benzene rings is 2. The van der Waals surface area contributed by atoms with Crippen molar-refractivity contribution in [3.05, 3.63) is 69.7 Å². The monoisotopic (exact) mass is 330 g/mol. The molecule has 0 atom stereocenters. The smallest absolute Gasteiger partial charge is 0.146 e. The van der Waals surface area contributed by atoms with Crippen LogP contribution >= 0.6 is 15.9 Å². The summed E-state index contributed by atoms with van der Waals surface area (Å²) in [4.78, 5) is 11.2. The number of allylic oxidation sites excluding steroid dienone is 1. The molecule has 0 aromatic heterocycles. The normalized spacial score (nSPS) is 11.2. The fourth-order valence-corrected chi connectivity index (χ4v) is 2.30. The molecule has 0 unspecified atom stereocenters. The van der Waals surface area contributed by atoms with Crippen molar-refractivity contribution in [1.29, 1.82) is 0 Å². The van der Waals surface area contributed by atoms with E-state index < -0.39 is 0 Å². The highest BCUT2D eigenvalue weighted by atomic mass is 79.9. The van der Waals surface area contributed by atoms with Gasteiger partial charge in [0.1, 0.15) is 12.0 Å². The number of halogens is 1. The molecule has 0 spiro atoms. The summed E-state index contributed by atoms with van der Waals surface area (Å²) in [5.41, 5.74) is 2.82. The van der Waals surface area contributed by atoms with Gasteiger partial charge < -0.3 is 4.74 Å². The highest BCUT2D eigenvalue weighted by Gasteiger charge is 2.02. The third-order valence-electron chi connectivity index (χ3n) is 2.96. The van der Waals surface area contributed by atoms with Gasteiger partial charge in [0.05, 0.1) is 7.11 Å². The summed E-state index contributed by atoms with van der Waals surface area (Å²) >= 11 is 3.48. The van der Waals surface area contributed by atoms with E-state index >= 15 is 0 Å². The zero-order valence-corrected chi connectivity index (χ0v) is 12.8. The summed E-state index contributed by atoms with van der Waals surface area (Å²) in [6.45, 7) is 0. The second-order valence-corrected chi connectivity index (χ2v) is 5.24. The van der Waals surface area contributed by atoms with Crippen LogP contribution in [0.25, 0.3) is 6.08 Å². The van der Waals surface area contributed by atoms with Crippen molar-refractivity contribution in [3.8, 4) is 5.75 Å². The van der Waals surface area contributed by atoms with Crippen molar-refractivity contribution >= 4 is 28.3 Å². The van der Waals surface area contributed by atoms with Gasteiger partial charge in [0.2, 0.25) is 0 Å². The largest absolute Gasteiger partial charge is 0.497 e. The molecule has 0 radical (unpaired) electrons. The first kappa shape index (κ1) is 14.5. The minimum absolute atomic E-state index is 0.606. The second kappa shape index (κ2) is 7.06. The Morgan fingerprint density at radius 1 is 1.15 bits per heavy atom. The summed E-state index contributed by atoms with van der Waals surface area (Å²) in [5.74, 6) is 0.816. The van der Waals surface area contributed by atoms with Gasteiger partial charge in [0.15, 0.2) is 0 Å². The van der Waals surface area contributed by atoms with Crippen LogP contribution in [-0.4, -0.2) is 13.4 Å². The molecule has 20 heavy (non-hydrogen) atoms. The van der Waals surface area contributed by atoms with Gasteiger partial charge in [-0.05, 0) is 41.0 Å². The van der Waals surface area contributed by atoms with Crippen LogP contribution in [0, 0.1) is 0 Å². The number of hydrogen-bond acceptors (Lipinski definition) is 2. The summed E-state index contributed by atoms with van der Waals surface area (Å²) in [5, 5.41) is 0. The molecule has 3 heteroatoms. The standard InChI is InChI=1S/C17H15BrO2/c1-20-16-8-6-13(7-9-16)10-14(12-19)11-15-4-2-3-5-17(15)18/h2-9,11-12H,10H2,1H3/b14-11+. The Bertz CT molecular complexity index is 615. The third-order valence-corrected chi connectivity index (χ3v) is 3.69. The van der Waals surface area contributed by atoms with E-state index in [1.807, 2.05) is 54.6 Å². The van der Waals surface area contributed by atoms with Crippen molar-refractivity contribution < 1.29 is 9.53 Å². The highest BCUT2D eigenvalue weighted by Crippen LogP contribution is 2.20. The van der Waals surface area contributed by atoms with E-state index in [0.29, 0.717) is 6.42 Å². The highest BCUT2D eigenvalue weighted by molar-refractivity contribution is 9.10. The van der Waals surface area contributed by atoms with Crippen LogP contribution in [0.2, 0.25) is 0 Å². The molecule has 0 aliphatic rings. The number of ether oxygens (including phenoxy) is 1. The van der Waals surface area contributed by atoms with Gasteiger partial charge in [0.25, 0.3) is 0 Å². The van der Waals surface area contributed by atoms with Gasteiger partial charge in [-0.2, -0.15) is 0 Å². The van der Waals surface area contributed by atoms with Crippen LogP contribution in [0.5, 0.6) is 5.75 Å². The Kier molecular flexibility index (Phi) is 5.13. The number of rotatable bonds is 5. The molecule has 0 N–H and O–H groups in total. The van der Waals surface area contributed by atoms with Crippen molar-refractivity contribution in [2.24, 2.45) is 0 Å². The van der Waals surface area contributed by atoms with Crippen molar-refractivity contribution in [2.75, 3.05) is 7.11 Å². The molecule has 0 amide bonds. The Hall–Kier alpha value is -1.87. The maximum Gasteiger partial charge on any atom is 0.146 e. The lowest BCUT2D eigenvalue weighted by Gasteiger charge is -2.04. The molecule has 0 aliphatic carbocycles. The van der Waals surface area contributed by atoms with E-state index in [4.69, 9.17) is 4.74 Å². The third kappa shape index (κ3) is 3.81. The molecule has 102 valence electrons. The van der Waals surface area contributed by atoms with Crippen LogP contribution in [-0.2, 0) is 11.2 Å². The van der Waals surface area contributed by atoms with Gasteiger partial charge in [-0.1, -0.05) is 46.3 Å². The van der Waals surface area contributed by atoms with Gasteiger partial charge in [0, 0.05) is 10.9 Å². The van der Waals surface area contributed by atoms with Crippen LogP contribution < -0.4 is 4.74 Å². The van der Waals surface area contributed by atoms with Crippen LogP contribution in [0.15, 0.2) is 58.6 Å². The van der Waals surface area contributed by atoms with Crippen molar-refractivity contribution in [3.63, 3.8) is 0 Å². The average molecular weight is 331 g/mol. The lowest BCUT2D eigenvalue weighted by Crippen LogP contribution is -1.93. The molecule has 2 aromatic rings. The average Bonchev–Trinajstić information content (AvgIpc) is 2.49. The molecule has 0 bridgehead atoms. The fourth-order valence-electron chi connectivity index (χ4n) is 1.90. The lowest BCUT2D eigenvalue weighted by atomic mass is 10.0. The first-order chi connectivity index (χ1) is 9.72. The Balaban J connectivity index is 2.20. The number of aldehydes is 1. The quantitative estimate of drug-likeness (QED) is 0.604. The minimum Gasteiger partial charge on any atom is -0.497 e. The van der Waals surface area contributed by atoms with E-state index in [-0.39, 0.29) is 0 Å². The van der Waals surface area contributed by atoms with Gasteiger partial charge in [-0.3, -0.25) is 4.79 Å². The molecular formula is C17H15BrO2. The van der Waals surface area contributed by atoms with Crippen LogP contribution in [0.1, 0.15) is 11.1 Å². The topological polar surface area (TPSA) is 26.3 Å². The predicted octanol–water partition coefficient (Wildman–Crippen LogP) is 4.28. The number of methoxy groups -OCH3 is 1. The predicted molar refractivity (Wildman–Crippen MR) is 84.9 cm³/mol. The Morgan fingerprint density at radius 2 is 1.85 bits per heavy atom.